The van der Waals surface area contributed by atoms with Gasteiger partial charge < -0.3 is 4.74 Å². The van der Waals surface area contributed by atoms with Crippen molar-refractivity contribution in [2.75, 3.05) is 11.5 Å². The second kappa shape index (κ2) is 10.6. The highest BCUT2D eigenvalue weighted by Crippen LogP contribution is 2.33. The first-order valence-electron chi connectivity index (χ1n) is 11.5. The molecule has 0 fully saturated rings. The number of carbonyl (C=O) groups excluding carboxylic acids is 1. The zero-order valence-electron chi connectivity index (χ0n) is 19.5. The molecule has 0 saturated carbocycles. The minimum atomic E-state index is -0.0650. The highest BCUT2D eigenvalue weighted by molar-refractivity contribution is 7.22. The van der Waals surface area contributed by atoms with E-state index in [2.05, 4.69) is 32.9 Å². The highest BCUT2D eigenvalue weighted by atomic mass is 32.1. The Balaban J connectivity index is 1.62. The van der Waals surface area contributed by atoms with Crippen LogP contribution >= 0.6 is 11.3 Å². The molecule has 0 aliphatic rings. The molecule has 5 heteroatoms. The van der Waals surface area contributed by atoms with Gasteiger partial charge >= 0.3 is 0 Å². The molecule has 0 radical (unpaired) electrons. The summed E-state index contributed by atoms with van der Waals surface area (Å²) in [6.07, 6.45) is 3.36. The lowest BCUT2D eigenvalue weighted by Gasteiger charge is -2.20. The summed E-state index contributed by atoms with van der Waals surface area (Å²) < 4.78 is 6.91. The number of nitrogens with zero attached hydrogens (tertiary/aromatic N) is 2. The van der Waals surface area contributed by atoms with Gasteiger partial charge in [-0.3, -0.25) is 9.69 Å². The van der Waals surface area contributed by atoms with Crippen molar-refractivity contribution in [2.24, 2.45) is 0 Å². The molecule has 3 aromatic carbocycles. The van der Waals surface area contributed by atoms with Crippen LogP contribution in [0.15, 0.2) is 66.7 Å². The van der Waals surface area contributed by atoms with E-state index in [4.69, 9.17) is 9.72 Å². The van der Waals surface area contributed by atoms with E-state index in [0.717, 1.165) is 39.9 Å². The third-order valence-electron chi connectivity index (χ3n) is 5.85. The van der Waals surface area contributed by atoms with Gasteiger partial charge in [-0.05, 0) is 67.3 Å². The fourth-order valence-electron chi connectivity index (χ4n) is 3.71. The zero-order chi connectivity index (χ0) is 23.2. The van der Waals surface area contributed by atoms with E-state index in [1.54, 1.807) is 16.2 Å². The summed E-state index contributed by atoms with van der Waals surface area (Å²) in [6, 6.07) is 21.7. The lowest BCUT2D eigenvalue weighted by molar-refractivity contribution is 0.0985. The summed E-state index contributed by atoms with van der Waals surface area (Å²) in [4.78, 5) is 20.3. The van der Waals surface area contributed by atoms with Crippen molar-refractivity contribution in [3.05, 3.63) is 89.0 Å². The number of thiazole rings is 1. The van der Waals surface area contributed by atoms with Gasteiger partial charge in [0.2, 0.25) is 0 Å². The summed E-state index contributed by atoms with van der Waals surface area (Å²) in [7, 11) is 0. The number of amides is 1. The Labute approximate surface area is 199 Å². The van der Waals surface area contributed by atoms with Crippen molar-refractivity contribution < 1.29 is 9.53 Å². The molecule has 0 unspecified atom stereocenters. The smallest absolute Gasteiger partial charge is 0.260 e. The molecule has 0 bridgehead atoms. The molecule has 4 rings (SSSR count). The molecular weight excluding hydrogens is 428 g/mol. The number of hydrogen-bond acceptors (Lipinski definition) is 4. The van der Waals surface area contributed by atoms with Crippen LogP contribution in [0.3, 0.4) is 0 Å². The molecule has 1 aromatic heterocycles. The molecule has 0 aliphatic carbocycles. The van der Waals surface area contributed by atoms with Crippen molar-refractivity contribution in [1.29, 1.82) is 0 Å². The van der Waals surface area contributed by atoms with Crippen LogP contribution in [0.1, 0.15) is 53.2 Å². The average Bonchev–Trinajstić information content (AvgIpc) is 3.28. The minimum absolute atomic E-state index is 0.0650. The Morgan fingerprint density at radius 1 is 0.970 bits per heavy atom. The molecule has 170 valence electrons. The van der Waals surface area contributed by atoms with Gasteiger partial charge in [0, 0.05) is 5.56 Å². The van der Waals surface area contributed by atoms with Crippen LogP contribution in [-0.2, 0) is 6.54 Å². The van der Waals surface area contributed by atoms with E-state index in [9.17, 15) is 4.79 Å². The number of anilines is 1. The van der Waals surface area contributed by atoms with Crippen molar-refractivity contribution in [2.45, 2.75) is 46.6 Å². The van der Waals surface area contributed by atoms with E-state index >= 15 is 0 Å². The van der Waals surface area contributed by atoms with Gasteiger partial charge in [-0.2, -0.15) is 0 Å². The van der Waals surface area contributed by atoms with E-state index in [1.807, 2.05) is 54.6 Å². The van der Waals surface area contributed by atoms with Crippen LogP contribution in [0, 0.1) is 13.8 Å². The third-order valence-corrected chi connectivity index (χ3v) is 6.89. The van der Waals surface area contributed by atoms with Gasteiger partial charge in [-0.25, -0.2) is 4.98 Å². The van der Waals surface area contributed by atoms with E-state index in [-0.39, 0.29) is 5.91 Å². The normalized spacial score (nSPS) is 11.0. The molecule has 4 aromatic rings. The Bertz CT molecular complexity index is 1220. The molecule has 0 N–H and O–H groups in total. The summed E-state index contributed by atoms with van der Waals surface area (Å²) in [6.45, 7) is 7.52. The Morgan fingerprint density at radius 3 is 2.45 bits per heavy atom. The molecule has 0 saturated heterocycles. The summed E-state index contributed by atoms with van der Waals surface area (Å²) in [5.41, 5.74) is 5.02. The fraction of sp³-hybridized carbons (Fsp3) is 0.286. The number of aryl methyl sites for hydroxylation is 2. The maximum absolute atomic E-state index is 13.6. The van der Waals surface area contributed by atoms with Gasteiger partial charge in [0.1, 0.15) is 5.75 Å². The number of unbranched alkanes of at least 4 members (excludes halogenated alkanes) is 2. The minimum Gasteiger partial charge on any atom is -0.494 e. The van der Waals surface area contributed by atoms with E-state index < -0.39 is 0 Å². The number of hydrogen-bond donors (Lipinski definition) is 0. The third kappa shape index (κ3) is 5.42. The van der Waals surface area contributed by atoms with Crippen LogP contribution in [-0.4, -0.2) is 17.5 Å². The van der Waals surface area contributed by atoms with Crippen molar-refractivity contribution in [3.63, 3.8) is 0 Å². The predicted molar refractivity (Wildman–Crippen MR) is 138 cm³/mol. The Kier molecular flexibility index (Phi) is 7.40. The van der Waals surface area contributed by atoms with Crippen LogP contribution in [0.4, 0.5) is 5.13 Å². The molecule has 0 atom stereocenters. The van der Waals surface area contributed by atoms with Crippen LogP contribution in [0.2, 0.25) is 0 Å². The van der Waals surface area contributed by atoms with Gasteiger partial charge in [-0.15, -0.1) is 0 Å². The molecule has 33 heavy (non-hydrogen) atoms. The standard InChI is InChI=1S/C28H30N2O2S/c1-4-5-9-18-32-24-15-13-23(14-16-24)27(31)30(19-22-10-7-6-8-11-22)28-29-26-21(3)20(2)12-17-25(26)33-28/h6-8,10-17H,4-5,9,18-19H2,1-3H3. The van der Waals surface area contributed by atoms with Crippen LogP contribution < -0.4 is 9.64 Å². The van der Waals surface area contributed by atoms with Crippen molar-refractivity contribution >= 4 is 32.6 Å². The van der Waals surface area contributed by atoms with Crippen molar-refractivity contribution in [3.8, 4) is 5.75 Å². The van der Waals surface area contributed by atoms with Crippen LogP contribution in [0.25, 0.3) is 10.2 Å². The highest BCUT2D eigenvalue weighted by Gasteiger charge is 2.22. The van der Waals surface area contributed by atoms with Crippen LogP contribution in [0.5, 0.6) is 5.75 Å². The lowest BCUT2D eigenvalue weighted by Crippen LogP contribution is -2.30. The first-order chi connectivity index (χ1) is 16.1. The quantitative estimate of drug-likeness (QED) is 0.247. The second-order valence-electron chi connectivity index (χ2n) is 8.31. The molecule has 4 nitrogen and oxygen atoms in total. The van der Waals surface area contributed by atoms with Gasteiger partial charge in [-0.1, -0.05) is 67.5 Å². The molecular formula is C28H30N2O2S. The Hall–Kier alpha value is -3.18. The maximum Gasteiger partial charge on any atom is 0.260 e. The lowest BCUT2D eigenvalue weighted by atomic mass is 10.1. The predicted octanol–water partition coefficient (Wildman–Crippen LogP) is 7.33. The summed E-state index contributed by atoms with van der Waals surface area (Å²) >= 11 is 1.56. The number of ether oxygens (including phenoxy) is 1. The zero-order valence-corrected chi connectivity index (χ0v) is 20.3. The number of rotatable bonds is 9. The topological polar surface area (TPSA) is 42.4 Å². The number of benzene rings is 3. The van der Waals surface area contributed by atoms with Gasteiger partial charge in [0.15, 0.2) is 5.13 Å². The molecule has 0 aliphatic heterocycles. The summed E-state index contributed by atoms with van der Waals surface area (Å²) in [5.74, 6) is 0.730. The Morgan fingerprint density at radius 2 is 1.73 bits per heavy atom. The molecule has 0 spiro atoms. The second-order valence-corrected chi connectivity index (χ2v) is 9.32. The molecule has 1 heterocycles. The van der Waals surface area contributed by atoms with E-state index in [1.165, 1.54) is 12.0 Å². The average molecular weight is 459 g/mol. The largest absolute Gasteiger partial charge is 0.494 e. The number of aromatic nitrogens is 1. The molecule has 1 amide bonds. The fourth-order valence-corrected chi connectivity index (χ4v) is 4.74. The maximum atomic E-state index is 13.6. The van der Waals surface area contributed by atoms with E-state index in [0.29, 0.717) is 23.8 Å². The SMILES string of the molecule is CCCCCOc1ccc(C(=O)N(Cc2ccccc2)c2nc3c(C)c(C)ccc3s2)cc1. The number of fused-ring (bicyclic) bond motifs is 1. The van der Waals surface area contributed by atoms with Crippen molar-refractivity contribution in [1.82, 2.24) is 4.98 Å². The monoisotopic (exact) mass is 458 g/mol. The van der Waals surface area contributed by atoms with Gasteiger partial charge in [0.05, 0.1) is 23.4 Å². The first kappa shape index (κ1) is 23.0. The summed E-state index contributed by atoms with van der Waals surface area (Å²) in [5, 5.41) is 0.715. The number of carbonyl (C=O) groups is 1. The van der Waals surface area contributed by atoms with Gasteiger partial charge in [0.25, 0.3) is 5.91 Å². The first-order valence-corrected chi connectivity index (χ1v) is 12.3.